The molecule has 0 radical (unpaired) electrons. The van der Waals surface area contributed by atoms with Crippen molar-refractivity contribution in [2.75, 3.05) is 13.7 Å². The number of aryl methyl sites for hydroxylation is 1. The van der Waals surface area contributed by atoms with Crippen molar-refractivity contribution in [3.05, 3.63) is 16.8 Å². The maximum Gasteiger partial charge on any atom is 0.225 e. The lowest BCUT2D eigenvalue weighted by Gasteiger charge is -2.34. The van der Waals surface area contributed by atoms with Crippen molar-refractivity contribution in [2.24, 2.45) is 0 Å². The van der Waals surface area contributed by atoms with Gasteiger partial charge in [0.05, 0.1) is 12.0 Å². The molecule has 0 unspecified atom stereocenters. The Hall–Kier alpha value is -1.73. The lowest BCUT2D eigenvalue weighted by Crippen LogP contribution is -2.40. The molecule has 0 spiro atoms. The average Bonchev–Trinajstić information content (AvgIpc) is 3.20. The van der Waals surface area contributed by atoms with Gasteiger partial charge in [-0.3, -0.25) is 4.79 Å². The minimum atomic E-state index is 0.120. The minimum absolute atomic E-state index is 0.120. The number of hydrogen-bond acceptors (Lipinski definition) is 6. The standard InChI is InChI=1S/C19H25N3O3S/c1-11(24)22(2)13-4-6-14(7-5-13)25-18-17-16-12(9-23)3-8-15(16)26-19(17)21-10-20-18/h10,12-14,23H,3-9H2,1-2H3/t12-,13-,14-/m0/s1. The van der Waals surface area contributed by atoms with Gasteiger partial charge in [-0.2, -0.15) is 0 Å². The van der Waals surface area contributed by atoms with Crippen LogP contribution in [0.4, 0.5) is 0 Å². The first-order chi connectivity index (χ1) is 12.6. The zero-order valence-corrected chi connectivity index (χ0v) is 16.1. The zero-order valence-electron chi connectivity index (χ0n) is 15.3. The summed E-state index contributed by atoms with van der Waals surface area (Å²) in [6.45, 7) is 1.78. The number of nitrogens with zero attached hydrogens (tertiary/aromatic N) is 3. The summed E-state index contributed by atoms with van der Waals surface area (Å²) >= 11 is 1.70. The molecule has 0 bridgehead atoms. The largest absolute Gasteiger partial charge is 0.474 e. The molecule has 6 nitrogen and oxygen atoms in total. The Morgan fingerprint density at radius 3 is 2.77 bits per heavy atom. The second-order valence-electron chi connectivity index (χ2n) is 7.39. The van der Waals surface area contributed by atoms with Gasteiger partial charge in [-0.15, -0.1) is 11.3 Å². The zero-order chi connectivity index (χ0) is 18.3. The molecule has 2 aliphatic carbocycles. The number of rotatable bonds is 4. The summed E-state index contributed by atoms with van der Waals surface area (Å²) in [5, 5.41) is 10.7. The van der Waals surface area contributed by atoms with Crippen molar-refractivity contribution < 1.29 is 14.6 Å². The molecule has 1 atom stereocenters. The number of hydrogen-bond donors (Lipinski definition) is 1. The predicted octanol–water partition coefficient (Wildman–Crippen LogP) is 2.88. The number of carbonyl (C=O) groups excluding carboxylic acids is 1. The Bertz CT molecular complexity index is 814. The van der Waals surface area contributed by atoms with E-state index in [9.17, 15) is 9.90 Å². The fourth-order valence-corrected chi connectivity index (χ4v) is 5.51. The van der Waals surface area contributed by atoms with Crippen LogP contribution >= 0.6 is 11.3 Å². The van der Waals surface area contributed by atoms with E-state index in [4.69, 9.17) is 4.74 Å². The van der Waals surface area contributed by atoms with Crippen LogP contribution in [-0.2, 0) is 11.2 Å². The highest BCUT2D eigenvalue weighted by Crippen LogP contribution is 2.46. The first-order valence-electron chi connectivity index (χ1n) is 9.35. The van der Waals surface area contributed by atoms with Gasteiger partial charge in [-0.05, 0) is 44.1 Å². The number of thiophene rings is 1. The summed E-state index contributed by atoms with van der Waals surface area (Å²) in [4.78, 5) is 24.5. The first-order valence-corrected chi connectivity index (χ1v) is 10.2. The van der Waals surface area contributed by atoms with Crippen LogP contribution in [0.15, 0.2) is 6.33 Å². The molecule has 2 aromatic heterocycles. The van der Waals surface area contributed by atoms with Gasteiger partial charge < -0.3 is 14.7 Å². The van der Waals surface area contributed by atoms with E-state index in [0.717, 1.165) is 48.7 Å². The number of ether oxygens (including phenoxy) is 1. The van der Waals surface area contributed by atoms with E-state index in [1.165, 1.54) is 10.4 Å². The van der Waals surface area contributed by atoms with Gasteiger partial charge in [0, 0.05) is 30.8 Å². The SMILES string of the molecule is CC(=O)N(C)[C@H]1CC[C@H](Oc2ncnc3sc4c(c23)[C@H](CO)CC4)CC1. The third-order valence-electron chi connectivity index (χ3n) is 5.88. The highest BCUT2D eigenvalue weighted by molar-refractivity contribution is 7.19. The monoisotopic (exact) mass is 375 g/mol. The van der Waals surface area contributed by atoms with E-state index in [-0.39, 0.29) is 24.5 Å². The number of aliphatic hydroxyl groups excluding tert-OH is 1. The highest BCUT2D eigenvalue weighted by Gasteiger charge is 2.31. The summed E-state index contributed by atoms with van der Waals surface area (Å²) in [5.74, 6) is 0.957. The molecular weight excluding hydrogens is 350 g/mol. The Kier molecular flexibility index (Phi) is 4.84. The Morgan fingerprint density at radius 2 is 2.08 bits per heavy atom. The average molecular weight is 375 g/mol. The van der Waals surface area contributed by atoms with Crippen LogP contribution in [0.2, 0.25) is 0 Å². The summed E-state index contributed by atoms with van der Waals surface area (Å²) in [7, 11) is 1.88. The molecule has 2 aliphatic rings. The fourth-order valence-electron chi connectivity index (χ4n) is 4.28. The van der Waals surface area contributed by atoms with Crippen LogP contribution in [0.3, 0.4) is 0 Å². The van der Waals surface area contributed by atoms with Crippen molar-refractivity contribution in [1.29, 1.82) is 0 Å². The third-order valence-corrected chi connectivity index (χ3v) is 7.06. The number of aromatic nitrogens is 2. The van der Waals surface area contributed by atoms with Crippen molar-refractivity contribution in [3.8, 4) is 5.88 Å². The maximum absolute atomic E-state index is 11.6. The molecule has 0 aromatic carbocycles. The summed E-state index contributed by atoms with van der Waals surface area (Å²) in [6, 6.07) is 0.307. The van der Waals surface area contributed by atoms with Gasteiger partial charge in [-0.25, -0.2) is 9.97 Å². The minimum Gasteiger partial charge on any atom is -0.474 e. The molecule has 0 aliphatic heterocycles. The number of fused-ring (bicyclic) bond motifs is 3. The maximum atomic E-state index is 11.6. The van der Waals surface area contributed by atoms with Crippen LogP contribution in [0.1, 0.15) is 55.4 Å². The second kappa shape index (κ2) is 7.12. The lowest BCUT2D eigenvalue weighted by atomic mass is 9.92. The Balaban J connectivity index is 1.53. The number of carbonyl (C=O) groups is 1. The molecule has 1 saturated carbocycles. The van der Waals surface area contributed by atoms with E-state index in [2.05, 4.69) is 9.97 Å². The molecule has 4 rings (SSSR count). The third kappa shape index (κ3) is 3.07. The van der Waals surface area contributed by atoms with Crippen LogP contribution in [0.25, 0.3) is 10.2 Å². The Morgan fingerprint density at radius 1 is 1.31 bits per heavy atom. The molecule has 2 heterocycles. The van der Waals surface area contributed by atoms with Gasteiger partial charge >= 0.3 is 0 Å². The molecular formula is C19H25N3O3S. The predicted molar refractivity (Wildman–Crippen MR) is 101 cm³/mol. The van der Waals surface area contributed by atoms with Gasteiger partial charge in [0.1, 0.15) is 17.3 Å². The Labute approximate surface area is 157 Å². The van der Waals surface area contributed by atoms with Gasteiger partial charge in [-0.1, -0.05) is 0 Å². The van der Waals surface area contributed by atoms with Crippen LogP contribution in [0.5, 0.6) is 5.88 Å². The summed E-state index contributed by atoms with van der Waals surface area (Å²) in [5.41, 5.74) is 1.20. The molecule has 7 heteroatoms. The van der Waals surface area contributed by atoms with Crippen molar-refractivity contribution in [3.63, 3.8) is 0 Å². The number of amides is 1. The van der Waals surface area contributed by atoms with E-state index >= 15 is 0 Å². The molecule has 2 aromatic rings. The van der Waals surface area contributed by atoms with Gasteiger partial charge in [0.25, 0.3) is 0 Å². The summed E-state index contributed by atoms with van der Waals surface area (Å²) in [6.07, 6.45) is 7.44. The van der Waals surface area contributed by atoms with E-state index in [1.807, 2.05) is 11.9 Å². The van der Waals surface area contributed by atoms with E-state index in [0.29, 0.717) is 11.9 Å². The topological polar surface area (TPSA) is 75.6 Å². The van der Waals surface area contributed by atoms with Crippen molar-refractivity contribution in [1.82, 2.24) is 14.9 Å². The van der Waals surface area contributed by atoms with E-state index in [1.54, 1.807) is 24.6 Å². The molecule has 0 saturated heterocycles. The molecule has 1 N–H and O–H groups in total. The van der Waals surface area contributed by atoms with E-state index < -0.39 is 0 Å². The summed E-state index contributed by atoms with van der Waals surface area (Å²) < 4.78 is 6.30. The van der Waals surface area contributed by atoms with Crippen LogP contribution < -0.4 is 4.74 Å². The normalized spacial score (nSPS) is 25.3. The number of aliphatic hydroxyl groups is 1. The molecule has 1 amide bonds. The van der Waals surface area contributed by atoms with Gasteiger partial charge in [0.15, 0.2) is 0 Å². The highest BCUT2D eigenvalue weighted by atomic mass is 32.1. The fraction of sp³-hybridized carbons (Fsp3) is 0.632. The van der Waals surface area contributed by atoms with Crippen molar-refractivity contribution in [2.45, 2.75) is 63.5 Å². The molecule has 1 fully saturated rings. The van der Waals surface area contributed by atoms with Crippen molar-refractivity contribution >= 4 is 27.5 Å². The van der Waals surface area contributed by atoms with Gasteiger partial charge in [0.2, 0.25) is 11.8 Å². The van der Waals surface area contributed by atoms with Crippen LogP contribution in [0, 0.1) is 0 Å². The second-order valence-corrected chi connectivity index (χ2v) is 8.48. The first kappa shape index (κ1) is 17.7. The lowest BCUT2D eigenvalue weighted by molar-refractivity contribution is -0.130. The quantitative estimate of drug-likeness (QED) is 0.889. The smallest absolute Gasteiger partial charge is 0.225 e. The molecule has 26 heavy (non-hydrogen) atoms. The van der Waals surface area contributed by atoms with Crippen LogP contribution in [-0.4, -0.2) is 51.7 Å². The molecule has 140 valence electrons.